The largest absolute Gasteiger partial charge is 0.480 e. The van der Waals surface area contributed by atoms with Crippen LogP contribution in [0.25, 0.3) is 0 Å². The zero-order valence-electron chi connectivity index (χ0n) is 11.7. The lowest BCUT2D eigenvalue weighted by atomic mass is 10.0. The molecule has 1 aliphatic rings. The van der Waals surface area contributed by atoms with Crippen molar-refractivity contribution >= 4 is 11.9 Å². The van der Waals surface area contributed by atoms with Gasteiger partial charge in [0.2, 0.25) is 0 Å². The molecule has 0 saturated heterocycles. The molecule has 0 spiro atoms. The first-order valence-electron chi connectivity index (χ1n) is 6.52. The standard InChI is InChI=1S/C13H15N5O3/c1-7-8(4-16-17(7)2)12(19)18-5-10-9(14-6-15-10)3-11(18)13(20)21/h4,6,11H,3,5H2,1-2H3,(H,14,15)(H,20,21). The van der Waals surface area contributed by atoms with Crippen molar-refractivity contribution in [3.8, 4) is 0 Å². The van der Waals surface area contributed by atoms with E-state index in [0.29, 0.717) is 17.0 Å². The number of aromatic amines is 1. The third kappa shape index (κ3) is 2.08. The van der Waals surface area contributed by atoms with Gasteiger partial charge in [-0.05, 0) is 6.92 Å². The van der Waals surface area contributed by atoms with E-state index in [1.54, 1.807) is 18.7 Å². The molecule has 1 aliphatic heterocycles. The van der Waals surface area contributed by atoms with Gasteiger partial charge < -0.3 is 15.0 Å². The second-order valence-electron chi connectivity index (χ2n) is 5.09. The molecule has 2 aromatic heterocycles. The summed E-state index contributed by atoms with van der Waals surface area (Å²) in [6, 6.07) is -0.909. The van der Waals surface area contributed by atoms with E-state index in [4.69, 9.17) is 0 Å². The Bertz CT molecular complexity index is 717. The number of aryl methyl sites for hydroxylation is 1. The summed E-state index contributed by atoms with van der Waals surface area (Å²) in [6.45, 7) is 1.99. The maximum absolute atomic E-state index is 12.7. The van der Waals surface area contributed by atoms with Crippen molar-refractivity contribution in [3.63, 3.8) is 0 Å². The molecule has 8 heteroatoms. The Balaban J connectivity index is 1.97. The van der Waals surface area contributed by atoms with E-state index >= 15 is 0 Å². The first kappa shape index (κ1) is 13.3. The number of carboxylic acids is 1. The van der Waals surface area contributed by atoms with E-state index in [2.05, 4.69) is 15.1 Å². The molecule has 0 radical (unpaired) electrons. The van der Waals surface area contributed by atoms with Gasteiger partial charge in [-0.25, -0.2) is 9.78 Å². The number of aromatic nitrogens is 4. The molecule has 0 bridgehead atoms. The molecular weight excluding hydrogens is 274 g/mol. The van der Waals surface area contributed by atoms with Gasteiger partial charge in [0.1, 0.15) is 6.04 Å². The monoisotopic (exact) mass is 289 g/mol. The van der Waals surface area contributed by atoms with Crippen LogP contribution in [0, 0.1) is 6.92 Å². The van der Waals surface area contributed by atoms with Crippen molar-refractivity contribution in [1.82, 2.24) is 24.6 Å². The quantitative estimate of drug-likeness (QED) is 0.816. The molecule has 1 atom stereocenters. The third-order valence-corrected chi connectivity index (χ3v) is 3.91. The summed E-state index contributed by atoms with van der Waals surface area (Å²) in [6.07, 6.45) is 3.20. The van der Waals surface area contributed by atoms with Crippen LogP contribution < -0.4 is 0 Å². The molecule has 2 N–H and O–H groups in total. The lowest BCUT2D eigenvalue weighted by Crippen LogP contribution is -2.48. The number of carboxylic acid groups (broad SMARTS) is 1. The van der Waals surface area contributed by atoms with Gasteiger partial charge in [0.25, 0.3) is 5.91 Å². The number of aliphatic carboxylic acids is 1. The fourth-order valence-electron chi connectivity index (χ4n) is 2.53. The Morgan fingerprint density at radius 2 is 2.24 bits per heavy atom. The number of rotatable bonds is 2. The lowest BCUT2D eigenvalue weighted by molar-refractivity contribution is -0.142. The Morgan fingerprint density at radius 1 is 1.48 bits per heavy atom. The van der Waals surface area contributed by atoms with Crippen LogP contribution in [-0.4, -0.2) is 47.7 Å². The highest BCUT2D eigenvalue weighted by molar-refractivity contribution is 5.97. The Hall–Kier alpha value is -2.64. The van der Waals surface area contributed by atoms with Crippen LogP contribution in [0.5, 0.6) is 0 Å². The Kier molecular flexibility index (Phi) is 3.00. The van der Waals surface area contributed by atoms with Crippen LogP contribution in [0.3, 0.4) is 0 Å². The number of H-pyrrole nitrogens is 1. The number of nitrogens with one attached hydrogen (secondary N) is 1. The van der Waals surface area contributed by atoms with Crippen molar-refractivity contribution < 1.29 is 14.7 Å². The SMILES string of the molecule is Cc1c(C(=O)N2Cc3[nH]cnc3CC2C(=O)O)cnn1C. The molecule has 2 aromatic rings. The first-order valence-corrected chi connectivity index (χ1v) is 6.52. The van der Waals surface area contributed by atoms with Crippen molar-refractivity contribution in [1.29, 1.82) is 0 Å². The van der Waals surface area contributed by atoms with E-state index in [0.717, 1.165) is 5.69 Å². The second kappa shape index (κ2) is 4.72. The van der Waals surface area contributed by atoms with Gasteiger partial charge in [0, 0.05) is 19.2 Å². The highest BCUT2D eigenvalue weighted by Gasteiger charge is 2.37. The van der Waals surface area contributed by atoms with Crippen LogP contribution >= 0.6 is 0 Å². The molecule has 0 fully saturated rings. The third-order valence-electron chi connectivity index (χ3n) is 3.91. The zero-order chi connectivity index (χ0) is 15.1. The Labute approximate surface area is 120 Å². The van der Waals surface area contributed by atoms with Gasteiger partial charge in [0.15, 0.2) is 0 Å². The average molecular weight is 289 g/mol. The van der Waals surface area contributed by atoms with Crippen molar-refractivity contribution in [2.24, 2.45) is 7.05 Å². The fraction of sp³-hybridized carbons (Fsp3) is 0.385. The molecule has 21 heavy (non-hydrogen) atoms. The number of imidazole rings is 1. The normalized spacial score (nSPS) is 17.6. The molecule has 3 rings (SSSR count). The predicted octanol–water partition coefficient (Wildman–Crippen LogP) is 0.103. The minimum atomic E-state index is -1.03. The first-order chi connectivity index (χ1) is 9.99. The molecule has 0 aliphatic carbocycles. The van der Waals surface area contributed by atoms with Gasteiger partial charge in [-0.2, -0.15) is 5.10 Å². The van der Waals surface area contributed by atoms with Crippen LogP contribution in [0.1, 0.15) is 27.4 Å². The topological polar surface area (TPSA) is 104 Å². The van der Waals surface area contributed by atoms with Crippen molar-refractivity contribution in [2.75, 3.05) is 0 Å². The summed E-state index contributed by atoms with van der Waals surface area (Å²) in [5.41, 5.74) is 2.61. The summed E-state index contributed by atoms with van der Waals surface area (Å²) < 4.78 is 1.59. The highest BCUT2D eigenvalue weighted by Crippen LogP contribution is 2.23. The van der Waals surface area contributed by atoms with Crippen LogP contribution in [-0.2, 0) is 24.8 Å². The molecule has 0 aromatic carbocycles. The molecule has 0 saturated carbocycles. The van der Waals surface area contributed by atoms with E-state index in [1.165, 1.54) is 17.4 Å². The average Bonchev–Trinajstić information content (AvgIpc) is 3.04. The molecule has 110 valence electrons. The number of carbonyl (C=O) groups excluding carboxylic acids is 1. The zero-order valence-corrected chi connectivity index (χ0v) is 11.7. The number of hydrogen-bond donors (Lipinski definition) is 2. The summed E-state index contributed by atoms with van der Waals surface area (Å²) in [7, 11) is 1.74. The molecular formula is C13H15N5O3. The number of fused-ring (bicyclic) bond motifs is 1. The highest BCUT2D eigenvalue weighted by atomic mass is 16.4. The molecule has 3 heterocycles. The van der Waals surface area contributed by atoms with Gasteiger partial charge in [0.05, 0.1) is 36.0 Å². The van der Waals surface area contributed by atoms with E-state index in [-0.39, 0.29) is 18.9 Å². The summed E-state index contributed by atoms with van der Waals surface area (Å²) in [5.74, 6) is -1.35. The smallest absolute Gasteiger partial charge is 0.326 e. The lowest BCUT2D eigenvalue weighted by Gasteiger charge is -2.32. The van der Waals surface area contributed by atoms with E-state index in [1.807, 2.05) is 0 Å². The van der Waals surface area contributed by atoms with Crippen LogP contribution in [0.4, 0.5) is 0 Å². The minimum Gasteiger partial charge on any atom is -0.480 e. The van der Waals surface area contributed by atoms with Gasteiger partial charge in [-0.1, -0.05) is 0 Å². The van der Waals surface area contributed by atoms with Crippen LogP contribution in [0.15, 0.2) is 12.5 Å². The minimum absolute atomic E-state index is 0.208. The molecule has 1 amide bonds. The van der Waals surface area contributed by atoms with Gasteiger partial charge in [-0.15, -0.1) is 0 Å². The van der Waals surface area contributed by atoms with Crippen LogP contribution in [0.2, 0.25) is 0 Å². The molecule has 1 unspecified atom stereocenters. The van der Waals surface area contributed by atoms with Gasteiger partial charge in [-0.3, -0.25) is 9.48 Å². The maximum Gasteiger partial charge on any atom is 0.326 e. The van der Waals surface area contributed by atoms with E-state index in [9.17, 15) is 14.7 Å². The maximum atomic E-state index is 12.7. The van der Waals surface area contributed by atoms with Crippen molar-refractivity contribution in [3.05, 3.63) is 35.2 Å². The Morgan fingerprint density at radius 3 is 2.86 bits per heavy atom. The second-order valence-corrected chi connectivity index (χ2v) is 5.09. The predicted molar refractivity (Wildman–Crippen MR) is 71.5 cm³/mol. The van der Waals surface area contributed by atoms with E-state index < -0.39 is 12.0 Å². The van der Waals surface area contributed by atoms with Gasteiger partial charge >= 0.3 is 5.97 Å². The van der Waals surface area contributed by atoms with Crippen molar-refractivity contribution in [2.45, 2.75) is 25.9 Å². The number of hydrogen-bond acceptors (Lipinski definition) is 4. The summed E-state index contributed by atoms with van der Waals surface area (Å²) in [5, 5.41) is 13.4. The number of nitrogens with zero attached hydrogens (tertiary/aromatic N) is 4. The molecule has 8 nitrogen and oxygen atoms in total. The number of carbonyl (C=O) groups is 2. The summed E-state index contributed by atoms with van der Waals surface area (Å²) >= 11 is 0. The summed E-state index contributed by atoms with van der Waals surface area (Å²) in [4.78, 5) is 32.5. The fourth-order valence-corrected chi connectivity index (χ4v) is 2.53. The number of amides is 1.